The number of fused-ring (bicyclic) bond motifs is 2. The molecule has 4 heteroatoms. The Morgan fingerprint density at radius 2 is 2.10 bits per heavy atom. The maximum Gasteiger partial charge on any atom is 0.317 e. The summed E-state index contributed by atoms with van der Waals surface area (Å²) in [7, 11) is 0. The van der Waals surface area contributed by atoms with Crippen LogP contribution in [0.4, 0.5) is 4.79 Å². The van der Waals surface area contributed by atoms with Crippen LogP contribution in [-0.4, -0.2) is 18.8 Å². The molecule has 2 fully saturated rings. The Balaban J connectivity index is 1.38. The quantitative estimate of drug-likeness (QED) is 0.818. The van der Waals surface area contributed by atoms with Crippen LogP contribution in [0.1, 0.15) is 32.6 Å². The molecule has 2 N–H and O–H groups in total. The lowest BCUT2D eigenvalue weighted by molar-refractivity contribution is 0.208. The monoisotopic (exact) mass is 288 g/mol. The van der Waals surface area contributed by atoms with Crippen LogP contribution < -0.4 is 15.4 Å². The lowest BCUT2D eigenvalue weighted by atomic mass is 9.84. The molecule has 0 heterocycles. The fourth-order valence-electron chi connectivity index (χ4n) is 3.97. The van der Waals surface area contributed by atoms with Crippen LogP contribution in [0.5, 0.6) is 5.75 Å². The van der Waals surface area contributed by atoms with Gasteiger partial charge in [0.1, 0.15) is 5.75 Å². The van der Waals surface area contributed by atoms with Crippen LogP contribution in [0, 0.1) is 17.8 Å². The first-order valence-corrected chi connectivity index (χ1v) is 7.94. The summed E-state index contributed by atoms with van der Waals surface area (Å²) >= 11 is 0. The molecule has 0 aliphatic heterocycles. The van der Waals surface area contributed by atoms with E-state index < -0.39 is 0 Å². The molecule has 4 unspecified atom stereocenters. The fraction of sp³-hybridized carbons (Fsp3) is 0.588. The summed E-state index contributed by atoms with van der Waals surface area (Å²) in [6.07, 6.45) is 5.40. The summed E-state index contributed by atoms with van der Waals surface area (Å²) in [4.78, 5) is 11.9. The molecule has 2 aliphatic carbocycles. The van der Waals surface area contributed by atoms with Gasteiger partial charge >= 0.3 is 6.03 Å². The number of amides is 2. The van der Waals surface area contributed by atoms with E-state index in [0.29, 0.717) is 5.92 Å². The molecule has 4 nitrogen and oxygen atoms in total. The van der Waals surface area contributed by atoms with Crippen LogP contribution in [0.2, 0.25) is 0 Å². The SMILES string of the molecule is CC(NC(=O)NCOc1ccccc1)C1CC2CCC1C2. The van der Waals surface area contributed by atoms with Crippen molar-refractivity contribution < 1.29 is 9.53 Å². The number of benzene rings is 1. The van der Waals surface area contributed by atoms with Gasteiger partial charge in [0.05, 0.1) is 0 Å². The van der Waals surface area contributed by atoms with Crippen LogP contribution >= 0.6 is 0 Å². The van der Waals surface area contributed by atoms with Gasteiger partial charge in [0.15, 0.2) is 6.73 Å². The maximum atomic E-state index is 11.9. The van der Waals surface area contributed by atoms with Crippen molar-refractivity contribution in [3.63, 3.8) is 0 Å². The van der Waals surface area contributed by atoms with E-state index in [2.05, 4.69) is 17.6 Å². The number of urea groups is 1. The van der Waals surface area contributed by atoms with E-state index in [1.165, 1.54) is 25.7 Å². The third kappa shape index (κ3) is 3.49. The van der Waals surface area contributed by atoms with Crippen molar-refractivity contribution in [1.82, 2.24) is 10.6 Å². The third-order valence-electron chi connectivity index (χ3n) is 5.01. The lowest BCUT2D eigenvalue weighted by Gasteiger charge is -2.28. The van der Waals surface area contributed by atoms with Gasteiger partial charge in [0.25, 0.3) is 0 Å². The summed E-state index contributed by atoms with van der Waals surface area (Å²) in [5.41, 5.74) is 0. The molecule has 1 aromatic carbocycles. The van der Waals surface area contributed by atoms with Gasteiger partial charge < -0.3 is 15.4 Å². The molecule has 0 aromatic heterocycles. The topological polar surface area (TPSA) is 50.4 Å². The first-order valence-electron chi connectivity index (χ1n) is 7.94. The fourth-order valence-corrected chi connectivity index (χ4v) is 3.97. The van der Waals surface area contributed by atoms with Gasteiger partial charge in [-0.25, -0.2) is 4.79 Å². The number of nitrogens with one attached hydrogen (secondary N) is 2. The number of hydrogen-bond acceptors (Lipinski definition) is 2. The Morgan fingerprint density at radius 1 is 1.29 bits per heavy atom. The second-order valence-electron chi connectivity index (χ2n) is 6.38. The van der Waals surface area contributed by atoms with E-state index >= 15 is 0 Å². The minimum atomic E-state index is -0.138. The van der Waals surface area contributed by atoms with Crippen LogP contribution in [0.25, 0.3) is 0 Å². The second-order valence-corrected chi connectivity index (χ2v) is 6.38. The van der Waals surface area contributed by atoms with Gasteiger partial charge in [-0.2, -0.15) is 0 Å². The summed E-state index contributed by atoms with van der Waals surface area (Å²) in [5.74, 6) is 3.16. The van der Waals surface area contributed by atoms with E-state index in [1.807, 2.05) is 30.3 Å². The highest BCUT2D eigenvalue weighted by Crippen LogP contribution is 2.49. The molecule has 3 rings (SSSR count). The molecule has 0 saturated heterocycles. The predicted molar refractivity (Wildman–Crippen MR) is 82.0 cm³/mol. The second kappa shape index (κ2) is 6.37. The number of ether oxygens (including phenoxy) is 1. The van der Waals surface area contributed by atoms with Crippen molar-refractivity contribution in [3.05, 3.63) is 30.3 Å². The summed E-state index contributed by atoms with van der Waals surface area (Å²) in [6.45, 7) is 2.32. The van der Waals surface area contributed by atoms with Crippen LogP contribution in [0.15, 0.2) is 30.3 Å². The first-order chi connectivity index (χ1) is 10.2. The molecule has 4 atom stereocenters. The maximum absolute atomic E-state index is 11.9. The zero-order valence-electron chi connectivity index (χ0n) is 12.5. The Labute approximate surface area is 126 Å². The Morgan fingerprint density at radius 3 is 2.76 bits per heavy atom. The van der Waals surface area contributed by atoms with E-state index in [4.69, 9.17) is 4.74 Å². The van der Waals surface area contributed by atoms with E-state index in [-0.39, 0.29) is 18.8 Å². The molecule has 0 radical (unpaired) electrons. The van der Waals surface area contributed by atoms with Crippen LogP contribution in [-0.2, 0) is 0 Å². The minimum Gasteiger partial charge on any atom is -0.473 e. The van der Waals surface area contributed by atoms with Gasteiger partial charge in [-0.1, -0.05) is 24.6 Å². The molecule has 2 saturated carbocycles. The largest absolute Gasteiger partial charge is 0.473 e. The van der Waals surface area contributed by atoms with E-state index in [0.717, 1.165) is 17.6 Å². The normalized spacial score (nSPS) is 28.1. The van der Waals surface area contributed by atoms with Gasteiger partial charge in [-0.3, -0.25) is 0 Å². The zero-order valence-corrected chi connectivity index (χ0v) is 12.5. The summed E-state index contributed by atoms with van der Waals surface area (Å²) in [5, 5.41) is 5.82. The molecule has 2 amide bonds. The van der Waals surface area contributed by atoms with Crippen molar-refractivity contribution in [1.29, 1.82) is 0 Å². The highest BCUT2D eigenvalue weighted by molar-refractivity contribution is 5.74. The van der Waals surface area contributed by atoms with Gasteiger partial charge in [-0.05, 0) is 56.1 Å². The summed E-state index contributed by atoms with van der Waals surface area (Å²) in [6, 6.07) is 9.61. The van der Waals surface area contributed by atoms with E-state index in [1.54, 1.807) is 0 Å². The molecule has 0 spiro atoms. The van der Waals surface area contributed by atoms with Crippen molar-refractivity contribution in [2.24, 2.45) is 17.8 Å². The predicted octanol–water partition coefficient (Wildman–Crippen LogP) is 3.15. The number of rotatable bonds is 5. The smallest absolute Gasteiger partial charge is 0.317 e. The average Bonchev–Trinajstić information content (AvgIpc) is 3.11. The highest BCUT2D eigenvalue weighted by Gasteiger charge is 2.42. The third-order valence-corrected chi connectivity index (χ3v) is 5.01. The highest BCUT2D eigenvalue weighted by atomic mass is 16.5. The zero-order chi connectivity index (χ0) is 14.7. The number of hydrogen-bond donors (Lipinski definition) is 2. The first kappa shape index (κ1) is 14.2. The molecular weight excluding hydrogens is 264 g/mol. The Bertz CT molecular complexity index is 477. The average molecular weight is 288 g/mol. The molecule has 1 aromatic rings. The van der Waals surface area contributed by atoms with Crippen molar-refractivity contribution >= 4 is 6.03 Å². The summed E-state index contributed by atoms with van der Waals surface area (Å²) < 4.78 is 5.46. The minimum absolute atomic E-state index is 0.138. The lowest BCUT2D eigenvalue weighted by Crippen LogP contribution is -2.46. The number of carbonyl (C=O) groups is 1. The Kier molecular flexibility index (Phi) is 4.32. The van der Waals surface area contributed by atoms with Crippen molar-refractivity contribution in [3.8, 4) is 5.75 Å². The number of carbonyl (C=O) groups excluding carboxylic acids is 1. The van der Waals surface area contributed by atoms with Gasteiger partial charge in [0.2, 0.25) is 0 Å². The van der Waals surface area contributed by atoms with Crippen molar-refractivity contribution in [2.45, 2.75) is 38.6 Å². The van der Waals surface area contributed by atoms with Gasteiger partial charge in [0, 0.05) is 6.04 Å². The molecule has 114 valence electrons. The molecule has 2 bridgehead atoms. The molecule has 2 aliphatic rings. The van der Waals surface area contributed by atoms with Gasteiger partial charge in [-0.15, -0.1) is 0 Å². The standard InChI is InChI=1S/C17H24N2O2/c1-12(16-10-13-7-8-14(16)9-13)19-17(20)18-11-21-15-5-3-2-4-6-15/h2-6,12-14,16H,7-11H2,1H3,(H2,18,19,20). The molecule has 21 heavy (non-hydrogen) atoms. The Hall–Kier alpha value is -1.71. The van der Waals surface area contributed by atoms with Crippen LogP contribution in [0.3, 0.4) is 0 Å². The van der Waals surface area contributed by atoms with E-state index in [9.17, 15) is 4.79 Å². The number of para-hydroxylation sites is 1. The molecular formula is C17H24N2O2. The van der Waals surface area contributed by atoms with Crippen molar-refractivity contribution in [2.75, 3.05) is 6.73 Å².